The van der Waals surface area contributed by atoms with E-state index in [0.717, 1.165) is 29.5 Å². The molecule has 0 bridgehead atoms. The first-order valence-corrected chi connectivity index (χ1v) is 6.80. The predicted molar refractivity (Wildman–Crippen MR) is 74.4 cm³/mol. The number of H-pyrrole nitrogens is 1. The average Bonchev–Trinajstić information content (AvgIpc) is 2.80. The number of aromatic amines is 1. The standard InChI is InChI=1S/C13H8F3N3O2S.Na/c14-13(15,16)6-2-1-3-7(4-6)17-12-19-11-10(22-12)8(20)5-9(21)18-11;/h1-5H,(H3,17,18,19,20,21);/q;+1/p-1. The number of thiazole rings is 1. The number of rotatable bonds is 2. The van der Waals surface area contributed by atoms with Crippen LogP contribution in [0.3, 0.4) is 0 Å². The normalized spacial score (nSPS) is 11.3. The number of anilines is 2. The first-order chi connectivity index (χ1) is 10.3. The minimum absolute atomic E-state index is 0. The van der Waals surface area contributed by atoms with Crippen molar-refractivity contribution in [3.63, 3.8) is 0 Å². The molecule has 5 nitrogen and oxygen atoms in total. The molecule has 1 aromatic carbocycles. The van der Waals surface area contributed by atoms with Crippen LogP contribution < -0.4 is 45.4 Å². The van der Waals surface area contributed by atoms with E-state index in [2.05, 4.69) is 15.3 Å². The molecule has 23 heavy (non-hydrogen) atoms. The number of fused-ring (bicyclic) bond motifs is 1. The van der Waals surface area contributed by atoms with Crippen LogP contribution in [0, 0.1) is 0 Å². The number of nitrogens with zero attached hydrogens (tertiary/aromatic N) is 1. The molecule has 3 rings (SSSR count). The molecule has 0 atom stereocenters. The maximum absolute atomic E-state index is 12.6. The Bertz CT molecular complexity index is 907. The number of benzene rings is 1. The van der Waals surface area contributed by atoms with Gasteiger partial charge < -0.3 is 15.4 Å². The molecule has 0 fully saturated rings. The first-order valence-electron chi connectivity index (χ1n) is 5.98. The smallest absolute Gasteiger partial charge is 0.860 e. The summed E-state index contributed by atoms with van der Waals surface area (Å²) in [4.78, 5) is 18.0. The van der Waals surface area contributed by atoms with E-state index in [-0.39, 0.29) is 50.7 Å². The Morgan fingerprint density at radius 3 is 2.70 bits per heavy atom. The summed E-state index contributed by atoms with van der Waals surface area (Å²) in [6.45, 7) is 0. The molecule has 10 heteroatoms. The largest absolute Gasteiger partial charge is 1.00 e. The van der Waals surface area contributed by atoms with Gasteiger partial charge in [0.05, 0.1) is 5.56 Å². The summed E-state index contributed by atoms with van der Waals surface area (Å²) in [7, 11) is 0. The van der Waals surface area contributed by atoms with E-state index >= 15 is 0 Å². The molecule has 0 saturated heterocycles. The molecule has 0 saturated carbocycles. The van der Waals surface area contributed by atoms with Gasteiger partial charge in [-0.05, 0) is 30.1 Å². The van der Waals surface area contributed by atoms with Crippen LogP contribution in [0.4, 0.5) is 24.0 Å². The van der Waals surface area contributed by atoms with Gasteiger partial charge in [-0.2, -0.15) is 13.2 Å². The zero-order valence-electron chi connectivity index (χ0n) is 11.7. The van der Waals surface area contributed by atoms with E-state index in [9.17, 15) is 23.1 Å². The SMILES string of the molecule is O=c1cc([O-])[nH]c2nc(Nc3cccc(C(F)(F)F)c3)sc12.[Na+]. The molecular weight excluding hydrogens is 342 g/mol. The van der Waals surface area contributed by atoms with Gasteiger partial charge in [0.25, 0.3) is 0 Å². The fourth-order valence-electron chi connectivity index (χ4n) is 1.86. The predicted octanol–water partition coefficient (Wildman–Crippen LogP) is -0.175. The van der Waals surface area contributed by atoms with E-state index in [1.807, 2.05) is 0 Å². The summed E-state index contributed by atoms with van der Waals surface area (Å²) in [5.74, 6) is -0.576. The Morgan fingerprint density at radius 2 is 2.00 bits per heavy atom. The van der Waals surface area contributed by atoms with Crippen LogP contribution in [0.5, 0.6) is 5.88 Å². The zero-order valence-corrected chi connectivity index (χ0v) is 14.5. The van der Waals surface area contributed by atoms with Crippen molar-refractivity contribution in [3.8, 4) is 5.88 Å². The molecule has 114 valence electrons. The van der Waals surface area contributed by atoms with E-state index < -0.39 is 23.0 Å². The van der Waals surface area contributed by atoms with Crippen molar-refractivity contribution in [3.05, 3.63) is 46.1 Å². The topological polar surface area (TPSA) is 80.8 Å². The number of nitrogens with one attached hydrogen (secondary N) is 2. The van der Waals surface area contributed by atoms with Crippen LogP contribution in [0.15, 0.2) is 35.1 Å². The molecule has 0 aliphatic rings. The van der Waals surface area contributed by atoms with Crippen molar-refractivity contribution < 1.29 is 47.8 Å². The Kier molecular flexibility index (Phi) is 5.04. The molecule has 0 radical (unpaired) electrons. The molecule has 2 N–H and O–H groups in total. The van der Waals surface area contributed by atoms with Gasteiger partial charge in [-0.15, -0.1) is 0 Å². The van der Waals surface area contributed by atoms with Crippen LogP contribution >= 0.6 is 11.3 Å². The van der Waals surface area contributed by atoms with Crippen molar-refractivity contribution in [1.29, 1.82) is 0 Å². The van der Waals surface area contributed by atoms with Gasteiger partial charge in [0.15, 0.2) is 10.8 Å². The molecule has 0 spiro atoms. The fourth-order valence-corrected chi connectivity index (χ4v) is 2.71. The third-order valence-corrected chi connectivity index (χ3v) is 3.78. The van der Waals surface area contributed by atoms with Gasteiger partial charge >= 0.3 is 35.7 Å². The molecule has 2 heterocycles. The Morgan fingerprint density at radius 1 is 1.26 bits per heavy atom. The zero-order chi connectivity index (χ0) is 15.9. The number of pyridine rings is 1. The van der Waals surface area contributed by atoms with E-state index in [1.54, 1.807) is 0 Å². The minimum Gasteiger partial charge on any atom is -0.860 e. The van der Waals surface area contributed by atoms with Crippen molar-refractivity contribution >= 4 is 32.5 Å². The maximum Gasteiger partial charge on any atom is 1.00 e. The summed E-state index contributed by atoms with van der Waals surface area (Å²) in [5.41, 5.74) is -0.981. The van der Waals surface area contributed by atoms with E-state index in [1.165, 1.54) is 12.1 Å². The number of halogens is 3. The fraction of sp³-hybridized carbons (Fsp3) is 0.0769. The molecular formula is C13H7F3N3NaO2S. The molecule has 3 aromatic rings. The van der Waals surface area contributed by atoms with E-state index in [0.29, 0.717) is 0 Å². The molecule has 0 aliphatic carbocycles. The van der Waals surface area contributed by atoms with Gasteiger partial charge in [-0.1, -0.05) is 17.4 Å². The number of hydrogen-bond acceptors (Lipinski definition) is 5. The van der Waals surface area contributed by atoms with Gasteiger partial charge in [0.2, 0.25) is 5.43 Å². The second-order valence-corrected chi connectivity index (χ2v) is 5.40. The van der Waals surface area contributed by atoms with Crippen LogP contribution in [-0.2, 0) is 6.18 Å². The molecule has 0 unspecified atom stereocenters. The first kappa shape index (κ1) is 17.8. The van der Waals surface area contributed by atoms with Crippen LogP contribution in [0.1, 0.15) is 5.56 Å². The van der Waals surface area contributed by atoms with Crippen LogP contribution in [0.2, 0.25) is 0 Å². The number of hydrogen-bond donors (Lipinski definition) is 2. The van der Waals surface area contributed by atoms with Gasteiger partial charge in [0.1, 0.15) is 4.70 Å². The monoisotopic (exact) mass is 349 g/mol. The average molecular weight is 349 g/mol. The Labute approximate surface area is 153 Å². The van der Waals surface area contributed by atoms with Crippen LogP contribution in [0.25, 0.3) is 10.3 Å². The third-order valence-electron chi connectivity index (χ3n) is 2.80. The van der Waals surface area contributed by atoms with Crippen LogP contribution in [-0.4, -0.2) is 9.97 Å². The minimum atomic E-state index is -4.45. The second kappa shape index (κ2) is 6.52. The molecule has 0 amide bonds. The van der Waals surface area contributed by atoms with Crippen molar-refractivity contribution in [2.75, 3.05) is 5.32 Å². The Hall–Kier alpha value is -1.55. The molecule has 2 aromatic heterocycles. The van der Waals surface area contributed by atoms with Gasteiger partial charge in [-0.25, -0.2) is 4.98 Å². The van der Waals surface area contributed by atoms with Crippen molar-refractivity contribution in [1.82, 2.24) is 9.97 Å². The second-order valence-electron chi connectivity index (χ2n) is 4.40. The third kappa shape index (κ3) is 3.86. The summed E-state index contributed by atoms with van der Waals surface area (Å²) in [6, 6.07) is 5.50. The molecule has 0 aliphatic heterocycles. The summed E-state index contributed by atoms with van der Waals surface area (Å²) in [5, 5.41) is 14.1. The maximum atomic E-state index is 12.6. The van der Waals surface area contributed by atoms with Gasteiger partial charge in [-0.3, -0.25) is 4.79 Å². The van der Waals surface area contributed by atoms with E-state index in [4.69, 9.17) is 0 Å². The number of alkyl halides is 3. The van der Waals surface area contributed by atoms with Crippen molar-refractivity contribution in [2.24, 2.45) is 0 Å². The summed E-state index contributed by atoms with van der Waals surface area (Å²) < 4.78 is 38.2. The quantitative estimate of drug-likeness (QED) is 0.630. The van der Waals surface area contributed by atoms with Crippen molar-refractivity contribution in [2.45, 2.75) is 6.18 Å². The summed E-state index contributed by atoms with van der Waals surface area (Å²) >= 11 is 0.955. The number of aromatic nitrogens is 2. The summed E-state index contributed by atoms with van der Waals surface area (Å²) in [6.07, 6.45) is -4.45. The Balaban J connectivity index is 0.00000192. The van der Waals surface area contributed by atoms with Gasteiger partial charge in [0, 0.05) is 5.69 Å².